The molecular formula is C15H31NO3. The van der Waals surface area contributed by atoms with Gasteiger partial charge >= 0.3 is 0 Å². The van der Waals surface area contributed by atoms with Gasteiger partial charge in [-0.2, -0.15) is 0 Å². The molecule has 0 bridgehead atoms. The van der Waals surface area contributed by atoms with Crippen molar-refractivity contribution in [2.24, 2.45) is 0 Å². The summed E-state index contributed by atoms with van der Waals surface area (Å²) in [4.78, 5) is 0. The number of ether oxygens (including phenoxy) is 1. The van der Waals surface area contributed by atoms with E-state index in [9.17, 15) is 10.2 Å². The summed E-state index contributed by atoms with van der Waals surface area (Å²) in [5, 5.41) is 22.6. The van der Waals surface area contributed by atoms with Crippen molar-refractivity contribution >= 4 is 0 Å². The number of hydrogen-bond donors (Lipinski definition) is 3. The van der Waals surface area contributed by atoms with Gasteiger partial charge in [-0.15, -0.1) is 0 Å². The maximum absolute atomic E-state index is 9.85. The summed E-state index contributed by atoms with van der Waals surface area (Å²) in [6, 6.07) is 0. The Morgan fingerprint density at radius 2 is 1.95 bits per heavy atom. The minimum Gasteiger partial charge on any atom is -0.394 e. The summed E-state index contributed by atoms with van der Waals surface area (Å²) in [6.07, 6.45) is 8.64. The fourth-order valence-corrected chi connectivity index (χ4v) is 2.69. The zero-order valence-corrected chi connectivity index (χ0v) is 12.4. The van der Waals surface area contributed by atoms with Gasteiger partial charge in [0.1, 0.15) is 0 Å². The molecule has 0 aliphatic heterocycles. The molecule has 1 aliphatic rings. The molecule has 19 heavy (non-hydrogen) atoms. The van der Waals surface area contributed by atoms with Crippen LogP contribution in [0, 0.1) is 0 Å². The number of nitrogens with one attached hydrogen (secondary N) is 1. The van der Waals surface area contributed by atoms with Gasteiger partial charge in [0.15, 0.2) is 0 Å². The van der Waals surface area contributed by atoms with Crippen molar-refractivity contribution in [3.05, 3.63) is 0 Å². The molecule has 1 rings (SSSR count). The van der Waals surface area contributed by atoms with Crippen LogP contribution in [0.4, 0.5) is 0 Å². The molecule has 4 nitrogen and oxygen atoms in total. The van der Waals surface area contributed by atoms with Crippen LogP contribution in [-0.4, -0.2) is 48.2 Å². The average Bonchev–Trinajstić information content (AvgIpc) is 2.90. The Kier molecular flexibility index (Phi) is 8.62. The van der Waals surface area contributed by atoms with E-state index in [1.807, 2.05) is 0 Å². The first-order chi connectivity index (χ1) is 9.22. The quantitative estimate of drug-likeness (QED) is 0.503. The van der Waals surface area contributed by atoms with Gasteiger partial charge < -0.3 is 20.3 Å². The highest BCUT2D eigenvalue weighted by Gasteiger charge is 2.32. The number of rotatable bonds is 11. The Labute approximate surface area is 117 Å². The monoisotopic (exact) mass is 273 g/mol. The molecule has 0 spiro atoms. The van der Waals surface area contributed by atoms with Crippen LogP contribution in [0.15, 0.2) is 0 Å². The Morgan fingerprint density at radius 1 is 1.21 bits per heavy atom. The predicted molar refractivity (Wildman–Crippen MR) is 77.3 cm³/mol. The van der Waals surface area contributed by atoms with Gasteiger partial charge in [0.05, 0.1) is 19.3 Å². The van der Waals surface area contributed by atoms with Crippen molar-refractivity contribution in [1.82, 2.24) is 5.32 Å². The molecule has 0 heterocycles. The van der Waals surface area contributed by atoms with E-state index in [-0.39, 0.29) is 12.1 Å². The van der Waals surface area contributed by atoms with E-state index in [0.29, 0.717) is 13.2 Å². The molecular weight excluding hydrogens is 242 g/mol. The fraction of sp³-hybridized carbons (Fsp3) is 1.00. The minimum absolute atomic E-state index is 0.151. The lowest BCUT2D eigenvalue weighted by Gasteiger charge is -2.29. The number of hydrogen-bond acceptors (Lipinski definition) is 4. The van der Waals surface area contributed by atoms with E-state index in [0.717, 1.165) is 38.7 Å². The van der Waals surface area contributed by atoms with Gasteiger partial charge in [-0.05, 0) is 19.3 Å². The highest BCUT2D eigenvalue weighted by molar-refractivity contribution is 4.92. The molecule has 0 aromatic carbocycles. The van der Waals surface area contributed by atoms with Gasteiger partial charge in [0.2, 0.25) is 0 Å². The molecule has 0 saturated heterocycles. The fourth-order valence-electron chi connectivity index (χ4n) is 2.69. The smallest absolute Gasteiger partial charge is 0.0897 e. The largest absolute Gasteiger partial charge is 0.394 e. The molecule has 0 aromatic rings. The lowest BCUT2D eigenvalue weighted by molar-refractivity contribution is 0.0280. The van der Waals surface area contributed by atoms with Crippen LogP contribution < -0.4 is 5.32 Å². The van der Waals surface area contributed by atoms with Gasteiger partial charge in [-0.3, -0.25) is 0 Å². The second kappa shape index (κ2) is 9.70. The van der Waals surface area contributed by atoms with Crippen molar-refractivity contribution in [3.63, 3.8) is 0 Å². The first-order valence-corrected chi connectivity index (χ1v) is 7.84. The third kappa shape index (κ3) is 6.70. The van der Waals surface area contributed by atoms with Crippen LogP contribution in [0.25, 0.3) is 0 Å². The van der Waals surface area contributed by atoms with Crippen LogP contribution >= 0.6 is 0 Å². The number of β-amino-alcohol motifs (C(OH)–C–C–N with tert-alkyl or cyclic N) is 1. The molecule has 3 N–H and O–H groups in total. The summed E-state index contributed by atoms with van der Waals surface area (Å²) in [7, 11) is 0. The highest BCUT2D eigenvalue weighted by atomic mass is 16.5. The summed E-state index contributed by atoms with van der Waals surface area (Å²) in [5.41, 5.74) is -0.151. The minimum atomic E-state index is -0.477. The van der Waals surface area contributed by atoms with Gasteiger partial charge in [-0.25, -0.2) is 0 Å². The topological polar surface area (TPSA) is 61.7 Å². The molecule has 1 atom stereocenters. The Balaban J connectivity index is 2.02. The van der Waals surface area contributed by atoms with Crippen molar-refractivity contribution in [2.75, 3.05) is 26.4 Å². The number of unbranched alkanes of at least 4 members (excludes halogenated alkanes) is 3. The van der Waals surface area contributed by atoms with Crippen LogP contribution in [0.1, 0.15) is 58.3 Å². The first kappa shape index (κ1) is 16.9. The third-order valence-electron chi connectivity index (χ3n) is 4.03. The van der Waals surface area contributed by atoms with Crippen molar-refractivity contribution in [1.29, 1.82) is 0 Å². The molecule has 4 heteroatoms. The molecule has 1 unspecified atom stereocenters. The Morgan fingerprint density at radius 3 is 2.58 bits per heavy atom. The van der Waals surface area contributed by atoms with E-state index in [1.165, 1.54) is 19.3 Å². The second-order valence-corrected chi connectivity index (χ2v) is 5.82. The second-order valence-electron chi connectivity index (χ2n) is 5.82. The van der Waals surface area contributed by atoms with E-state index in [2.05, 4.69) is 12.2 Å². The van der Waals surface area contributed by atoms with E-state index in [1.54, 1.807) is 0 Å². The van der Waals surface area contributed by atoms with Crippen molar-refractivity contribution < 1.29 is 14.9 Å². The van der Waals surface area contributed by atoms with Crippen LogP contribution in [-0.2, 0) is 4.74 Å². The summed E-state index contributed by atoms with van der Waals surface area (Å²) >= 11 is 0. The van der Waals surface area contributed by atoms with Crippen molar-refractivity contribution in [2.45, 2.75) is 69.9 Å². The maximum Gasteiger partial charge on any atom is 0.0897 e. The lowest BCUT2D eigenvalue weighted by Crippen LogP contribution is -2.49. The van der Waals surface area contributed by atoms with Gasteiger partial charge in [-0.1, -0.05) is 39.0 Å². The predicted octanol–water partition coefficient (Wildman–Crippen LogP) is 1.84. The molecule has 0 aromatic heterocycles. The molecule has 0 radical (unpaired) electrons. The summed E-state index contributed by atoms with van der Waals surface area (Å²) in [6.45, 7) is 3.99. The van der Waals surface area contributed by atoms with Crippen molar-refractivity contribution in [3.8, 4) is 0 Å². The molecule has 1 fully saturated rings. The molecule has 114 valence electrons. The van der Waals surface area contributed by atoms with E-state index >= 15 is 0 Å². The van der Waals surface area contributed by atoms with Crippen LogP contribution in [0.3, 0.4) is 0 Å². The normalized spacial score (nSPS) is 19.7. The average molecular weight is 273 g/mol. The third-order valence-corrected chi connectivity index (χ3v) is 4.03. The lowest BCUT2D eigenvalue weighted by atomic mass is 9.99. The van der Waals surface area contributed by atoms with E-state index in [4.69, 9.17) is 4.74 Å². The zero-order valence-electron chi connectivity index (χ0n) is 12.4. The van der Waals surface area contributed by atoms with Gasteiger partial charge in [0.25, 0.3) is 0 Å². The standard InChI is InChI=1S/C15H31NO3/c1-2-3-4-7-10-19-12-14(18)11-16-15(13-17)8-5-6-9-15/h14,16-18H,2-13H2,1H3. The number of aliphatic hydroxyl groups excluding tert-OH is 2. The summed E-state index contributed by atoms with van der Waals surface area (Å²) < 4.78 is 5.47. The maximum atomic E-state index is 9.85. The van der Waals surface area contributed by atoms with Crippen LogP contribution in [0.5, 0.6) is 0 Å². The molecule has 0 amide bonds. The van der Waals surface area contributed by atoms with Crippen LogP contribution in [0.2, 0.25) is 0 Å². The summed E-state index contributed by atoms with van der Waals surface area (Å²) in [5.74, 6) is 0. The zero-order chi connectivity index (χ0) is 14.0. The first-order valence-electron chi connectivity index (χ1n) is 7.84. The Bertz CT molecular complexity index is 217. The molecule has 1 aliphatic carbocycles. The van der Waals surface area contributed by atoms with E-state index < -0.39 is 6.10 Å². The molecule has 1 saturated carbocycles. The highest BCUT2D eigenvalue weighted by Crippen LogP contribution is 2.28. The SMILES string of the molecule is CCCCCCOCC(O)CNC1(CO)CCCC1. The number of aliphatic hydroxyl groups is 2. The Hall–Kier alpha value is -0.160. The van der Waals surface area contributed by atoms with Gasteiger partial charge in [0, 0.05) is 18.7 Å².